The summed E-state index contributed by atoms with van der Waals surface area (Å²) in [5.74, 6) is -6.26. The van der Waals surface area contributed by atoms with E-state index in [1.165, 1.54) is 26.0 Å². The van der Waals surface area contributed by atoms with Crippen molar-refractivity contribution < 1.29 is 41.7 Å². The van der Waals surface area contributed by atoms with Crippen LogP contribution in [0.15, 0.2) is 18.2 Å². The Kier molecular flexibility index (Phi) is 7.68. The quantitative estimate of drug-likeness (QED) is 0.410. The molecule has 0 bridgehead atoms. The minimum atomic E-state index is -3.88. The maximum Gasteiger partial charge on any atom is 0.346 e. The number of alkyl halides is 3. The highest BCUT2D eigenvalue weighted by atomic mass is 19.3. The number of rotatable bonds is 8. The van der Waals surface area contributed by atoms with E-state index < -0.39 is 47.4 Å². The summed E-state index contributed by atoms with van der Waals surface area (Å²) in [4.78, 5) is 20.2. The molecule has 3 rings (SSSR count). The lowest BCUT2D eigenvalue weighted by Crippen LogP contribution is -2.41. The number of hydrogen-bond acceptors (Lipinski definition) is 8. The Labute approximate surface area is 199 Å². The fourth-order valence-corrected chi connectivity index (χ4v) is 3.62. The highest BCUT2D eigenvalue weighted by molar-refractivity contribution is 5.77. The van der Waals surface area contributed by atoms with Gasteiger partial charge < -0.3 is 24.6 Å². The Balaban J connectivity index is 2.07. The lowest BCUT2D eigenvalue weighted by atomic mass is 9.91. The largest absolute Gasteiger partial charge is 0.467 e. The number of aromatic nitrogens is 2. The SMILES string of the molecule is COC(=O)C(F)c1nc(C)nc(N[C@H](C)c2cccc(C(F)(F)C(C)(C)O)c2F)c1C1OCCO1. The zero-order chi connectivity index (χ0) is 26.1. The second-order valence-corrected chi connectivity index (χ2v) is 8.59. The van der Waals surface area contributed by atoms with E-state index in [9.17, 15) is 23.1 Å². The Hall–Kier alpha value is -2.83. The molecule has 2 atom stereocenters. The zero-order valence-electron chi connectivity index (χ0n) is 19.9. The molecule has 1 aromatic carbocycles. The van der Waals surface area contributed by atoms with Crippen molar-refractivity contribution >= 4 is 11.8 Å². The number of nitrogens with zero attached hydrogens (tertiary/aromatic N) is 2. The molecule has 1 aliphatic heterocycles. The molecule has 0 saturated carbocycles. The Morgan fingerprint density at radius 2 is 1.89 bits per heavy atom. The minimum absolute atomic E-state index is 0.0301. The number of halogens is 4. The molecule has 0 amide bonds. The first kappa shape index (κ1) is 26.8. The van der Waals surface area contributed by atoms with Crippen LogP contribution in [-0.2, 0) is 24.9 Å². The third kappa shape index (κ3) is 5.24. The molecule has 35 heavy (non-hydrogen) atoms. The van der Waals surface area contributed by atoms with Crippen molar-refractivity contribution in [2.24, 2.45) is 0 Å². The van der Waals surface area contributed by atoms with Crippen LogP contribution in [0.5, 0.6) is 0 Å². The molecule has 1 fully saturated rings. The molecule has 8 nitrogen and oxygen atoms in total. The average Bonchev–Trinajstić information content (AvgIpc) is 3.31. The molecule has 0 aliphatic carbocycles. The van der Waals surface area contributed by atoms with Crippen molar-refractivity contribution in [3.05, 3.63) is 52.2 Å². The average molecular weight is 501 g/mol. The predicted octanol–water partition coefficient (Wildman–Crippen LogP) is 4.19. The summed E-state index contributed by atoms with van der Waals surface area (Å²) < 4.78 is 75.1. The molecule has 192 valence electrons. The fraction of sp³-hybridized carbons (Fsp3) is 0.522. The number of nitrogens with one attached hydrogen (secondary N) is 1. The molecule has 1 aliphatic rings. The van der Waals surface area contributed by atoms with Crippen molar-refractivity contribution in [2.45, 2.75) is 57.7 Å². The van der Waals surface area contributed by atoms with Gasteiger partial charge in [0.2, 0.25) is 6.17 Å². The van der Waals surface area contributed by atoms with Crippen molar-refractivity contribution in [3.63, 3.8) is 0 Å². The van der Waals surface area contributed by atoms with Gasteiger partial charge in [0.1, 0.15) is 28.8 Å². The van der Waals surface area contributed by atoms with E-state index in [-0.39, 0.29) is 41.7 Å². The topological polar surface area (TPSA) is 103 Å². The second kappa shape index (κ2) is 10.0. The second-order valence-electron chi connectivity index (χ2n) is 8.59. The molecule has 2 N–H and O–H groups in total. The number of anilines is 1. The first-order valence-corrected chi connectivity index (χ1v) is 10.8. The van der Waals surface area contributed by atoms with Crippen LogP contribution < -0.4 is 5.32 Å². The standard InChI is InChI=1S/C23H27F4N3O5/c1-11(13-7-6-8-14(16(13)24)23(26,27)22(3,4)32)28-19-15(21-34-9-10-35-21)18(29-12(2)30-19)17(25)20(31)33-5/h6-8,11,17,21,32H,9-10H2,1-5H3,(H,28,29,30)/t11-,17?/m1/s1. The van der Waals surface area contributed by atoms with Gasteiger partial charge in [-0.1, -0.05) is 12.1 Å². The first-order valence-electron chi connectivity index (χ1n) is 10.8. The third-order valence-electron chi connectivity index (χ3n) is 5.55. The molecule has 1 unspecified atom stereocenters. The number of carbonyl (C=O) groups excluding carboxylic acids is 1. The summed E-state index contributed by atoms with van der Waals surface area (Å²) in [5, 5.41) is 12.8. The van der Waals surface area contributed by atoms with Gasteiger partial charge in [-0.3, -0.25) is 0 Å². The highest BCUT2D eigenvalue weighted by Gasteiger charge is 2.49. The number of benzene rings is 1. The van der Waals surface area contributed by atoms with Crippen LogP contribution in [0.1, 0.15) is 67.5 Å². The molecular weight excluding hydrogens is 474 g/mol. The van der Waals surface area contributed by atoms with Crippen LogP contribution in [0.25, 0.3) is 0 Å². The number of hydrogen-bond donors (Lipinski definition) is 2. The van der Waals surface area contributed by atoms with E-state index in [0.717, 1.165) is 27.0 Å². The van der Waals surface area contributed by atoms with Crippen LogP contribution >= 0.6 is 0 Å². The van der Waals surface area contributed by atoms with Crippen molar-refractivity contribution in [1.29, 1.82) is 0 Å². The summed E-state index contributed by atoms with van der Waals surface area (Å²) in [7, 11) is 1.02. The Bertz CT molecular complexity index is 1090. The fourth-order valence-electron chi connectivity index (χ4n) is 3.62. The summed E-state index contributed by atoms with van der Waals surface area (Å²) in [5.41, 5.74) is -4.04. The highest BCUT2D eigenvalue weighted by Crippen LogP contribution is 2.42. The molecule has 2 heterocycles. The van der Waals surface area contributed by atoms with Crippen molar-refractivity contribution in [2.75, 3.05) is 25.6 Å². The molecule has 0 spiro atoms. The van der Waals surface area contributed by atoms with Gasteiger partial charge >= 0.3 is 11.9 Å². The summed E-state index contributed by atoms with van der Waals surface area (Å²) in [6, 6.07) is 2.46. The maximum absolute atomic E-state index is 15.3. The van der Waals surface area contributed by atoms with Gasteiger partial charge in [0.15, 0.2) is 6.29 Å². The Morgan fingerprint density at radius 1 is 1.26 bits per heavy atom. The molecule has 12 heteroatoms. The van der Waals surface area contributed by atoms with Gasteiger partial charge in [0.25, 0.3) is 0 Å². The normalized spacial score (nSPS) is 16.7. The molecule has 1 aromatic heterocycles. The molecule has 1 saturated heterocycles. The third-order valence-corrected chi connectivity index (χ3v) is 5.55. The van der Waals surface area contributed by atoms with E-state index in [4.69, 9.17) is 9.47 Å². The van der Waals surface area contributed by atoms with Gasteiger partial charge in [0.05, 0.1) is 37.5 Å². The Morgan fingerprint density at radius 3 is 2.46 bits per heavy atom. The monoisotopic (exact) mass is 501 g/mol. The lowest BCUT2D eigenvalue weighted by Gasteiger charge is -2.30. The lowest BCUT2D eigenvalue weighted by molar-refractivity contribution is -0.170. The minimum Gasteiger partial charge on any atom is -0.467 e. The van der Waals surface area contributed by atoms with Crippen LogP contribution in [0, 0.1) is 12.7 Å². The maximum atomic E-state index is 15.3. The summed E-state index contributed by atoms with van der Waals surface area (Å²) >= 11 is 0. The number of ether oxygens (including phenoxy) is 3. The zero-order valence-corrected chi connectivity index (χ0v) is 19.9. The first-order chi connectivity index (χ1) is 16.3. The number of aryl methyl sites for hydroxylation is 1. The molecule has 2 aromatic rings. The van der Waals surface area contributed by atoms with E-state index in [2.05, 4.69) is 20.0 Å². The van der Waals surface area contributed by atoms with Crippen LogP contribution in [0.3, 0.4) is 0 Å². The molecular formula is C23H27F4N3O5. The number of aliphatic hydroxyl groups is 1. The summed E-state index contributed by atoms with van der Waals surface area (Å²) in [6.07, 6.45) is -3.41. The number of methoxy groups -OCH3 is 1. The molecule has 0 radical (unpaired) electrons. The van der Waals surface area contributed by atoms with Crippen molar-refractivity contribution in [3.8, 4) is 0 Å². The number of carbonyl (C=O) groups is 1. The van der Waals surface area contributed by atoms with E-state index in [1.54, 1.807) is 0 Å². The van der Waals surface area contributed by atoms with Gasteiger partial charge in [-0.25, -0.2) is 23.5 Å². The smallest absolute Gasteiger partial charge is 0.346 e. The van der Waals surface area contributed by atoms with Gasteiger partial charge in [-0.05, 0) is 33.8 Å². The van der Waals surface area contributed by atoms with Crippen LogP contribution in [-0.4, -0.2) is 47.0 Å². The van der Waals surface area contributed by atoms with Gasteiger partial charge in [0, 0.05) is 5.56 Å². The van der Waals surface area contributed by atoms with Gasteiger partial charge in [-0.15, -0.1) is 0 Å². The van der Waals surface area contributed by atoms with Crippen molar-refractivity contribution in [1.82, 2.24) is 9.97 Å². The van der Waals surface area contributed by atoms with E-state index in [1.807, 2.05) is 0 Å². The number of esters is 1. The summed E-state index contributed by atoms with van der Waals surface area (Å²) in [6.45, 7) is 5.07. The van der Waals surface area contributed by atoms with Crippen LogP contribution in [0.2, 0.25) is 0 Å². The predicted molar refractivity (Wildman–Crippen MR) is 116 cm³/mol. The van der Waals surface area contributed by atoms with Crippen LogP contribution in [0.4, 0.5) is 23.4 Å². The van der Waals surface area contributed by atoms with E-state index >= 15 is 4.39 Å². The van der Waals surface area contributed by atoms with Gasteiger partial charge in [-0.2, -0.15) is 8.78 Å². The van der Waals surface area contributed by atoms with E-state index in [0.29, 0.717) is 0 Å².